The third-order valence-electron chi connectivity index (χ3n) is 5.85. The van der Waals surface area contributed by atoms with E-state index in [0.717, 1.165) is 30.2 Å². The number of halogens is 2. The van der Waals surface area contributed by atoms with Crippen molar-refractivity contribution >= 4 is 23.1 Å². The molecule has 0 saturated carbocycles. The van der Waals surface area contributed by atoms with Crippen LogP contribution in [-0.2, 0) is 25.5 Å². The number of ether oxygens (including phenoxy) is 3. The molecule has 8 nitrogen and oxygen atoms in total. The molecule has 3 heterocycles. The number of alkyl halides is 1. The van der Waals surface area contributed by atoms with Gasteiger partial charge in [-0.1, -0.05) is 0 Å². The number of hydrogen-bond acceptors (Lipinski definition) is 6. The van der Waals surface area contributed by atoms with Crippen LogP contribution in [0.4, 0.5) is 13.6 Å². The number of fused-ring (bicyclic) bond motifs is 1. The second kappa shape index (κ2) is 9.30. The summed E-state index contributed by atoms with van der Waals surface area (Å²) in [6.07, 6.45) is 1.08. The number of hydrogen-bond donors (Lipinski definition) is 0. The quantitative estimate of drug-likeness (QED) is 0.651. The monoisotopic (exact) mass is 461 g/mol. The molecule has 2 aromatic heterocycles. The number of esters is 1. The number of aromatic nitrogens is 2. The van der Waals surface area contributed by atoms with Crippen molar-refractivity contribution in [1.29, 1.82) is 0 Å². The minimum Gasteiger partial charge on any atom is -0.465 e. The van der Waals surface area contributed by atoms with Crippen molar-refractivity contribution < 1.29 is 32.6 Å². The Morgan fingerprint density at radius 3 is 2.76 bits per heavy atom. The number of methoxy groups -OCH3 is 2. The summed E-state index contributed by atoms with van der Waals surface area (Å²) in [5.74, 6) is -2.84. The lowest BCUT2D eigenvalue weighted by atomic mass is 9.90. The van der Waals surface area contributed by atoms with Gasteiger partial charge in [-0.05, 0) is 36.8 Å². The lowest BCUT2D eigenvalue weighted by Crippen LogP contribution is -2.47. The number of morpholine rings is 1. The average Bonchev–Trinajstić information content (AvgIpc) is 3.14. The standard InChI is InChI=1S/C23H25F2N3O5/c1-13-6-14-9-19(20-17(24)7-15(8-18(20)25)22(29)31-2)28(21(14)26-10-13)12-16-11-27(4-5-33-16)23(30)32-3/h6-10,16-17,20H,4-5,11-12H2,1-3H3. The summed E-state index contributed by atoms with van der Waals surface area (Å²) in [6, 6.07) is 3.59. The van der Waals surface area contributed by atoms with Crippen LogP contribution in [0.3, 0.4) is 0 Å². The second-order valence-corrected chi connectivity index (χ2v) is 8.08. The maximum absolute atomic E-state index is 15.2. The maximum Gasteiger partial charge on any atom is 0.409 e. The molecule has 0 bridgehead atoms. The number of carbonyl (C=O) groups is 2. The number of rotatable bonds is 4. The van der Waals surface area contributed by atoms with Gasteiger partial charge in [0, 0.05) is 23.8 Å². The Morgan fingerprint density at radius 1 is 1.27 bits per heavy atom. The van der Waals surface area contributed by atoms with Gasteiger partial charge in [-0.25, -0.2) is 23.4 Å². The van der Waals surface area contributed by atoms with Gasteiger partial charge in [-0.15, -0.1) is 0 Å². The number of carbonyl (C=O) groups excluding carboxylic acids is 2. The largest absolute Gasteiger partial charge is 0.465 e. The van der Waals surface area contributed by atoms with Crippen LogP contribution in [0, 0.1) is 6.92 Å². The topological polar surface area (TPSA) is 82.9 Å². The third kappa shape index (κ3) is 4.47. The van der Waals surface area contributed by atoms with E-state index >= 15 is 8.78 Å². The number of aryl methyl sites for hydroxylation is 1. The van der Waals surface area contributed by atoms with Crippen molar-refractivity contribution in [1.82, 2.24) is 14.5 Å². The molecule has 0 aromatic carbocycles. The molecule has 2 aliphatic rings. The summed E-state index contributed by atoms with van der Waals surface area (Å²) < 4.78 is 47.3. The van der Waals surface area contributed by atoms with Gasteiger partial charge < -0.3 is 23.7 Å². The Bertz CT molecular complexity index is 1140. The molecule has 1 fully saturated rings. The molecule has 176 valence electrons. The van der Waals surface area contributed by atoms with Crippen LogP contribution < -0.4 is 0 Å². The highest BCUT2D eigenvalue weighted by atomic mass is 19.1. The minimum atomic E-state index is -1.79. The normalized spacial score (nSPS) is 23.2. The smallest absolute Gasteiger partial charge is 0.409 e. The highest BCUT2D eigenvalue weighted by Crippen LogP contribution is 2.39. The molecule has 1 saturated heterocycles. The van der Waals surface area contributed by atoms with Gasteiger partial charge >= 0.3 is 12.1 Å². The minimum absolute atomic E-state index is 0.167. The second-order valence-electron chi connectivity index (χ2n) is 8.08. The number of amides is 1. The first-order chi connectivity index (χ1) is 15.8. The molecule has 0 radical (unpaired) electrons. The van der Waals surface area contributed by atoms with Gasteiger partial charge in [0.05, 0.1) is 51.5 Å². The molecule has 1 aliphatic heterocycles. The van der Waals surface area contributed by atoms with Crippen molar-refractivity contribution in [3.8, 4) is 0 Å². The summed E-state index contributed by atoms with van der Waals surface area (Å²) in [5, 5.41) is 0.730. The van der Waals surface area contributed by atoms with Crippen LogP contribution in [0.1, 0.15) is 17.2 Å². The van der Waals surface area contributed by atoms with Crippen LogP contribution >= 0.6 is 0 Å². The maximum atomic E-state index is 15.2. The molecule has 3 unspecified atom stereocenters. The van der Waals surface area contributed by atoms with E-state index in [0.29, 0.717) is 24.5 Å². The van der Waals surface area contributed by atoms with Gasteiger partial charge in [-0.2, -0.15) is 0 Å². The van der Waals surface area contributed by atoms with Crippen LogP contribution in [0.15, 0.2) is 41.9 Å². The van der Waals surface area contributed by atoms with Crippen LogP contribution in [0.2, 0.25) is 0 Å². The molecule has 1 amide bonds. The molecule has 0 spiro atoms. The predicted molar refractivity (Wildman–Crippen MR) is 115 cm³/mol. The number of pyridine rings is 1. The molecule has 3 atom stereocenters. The van der Waals surface area contributed by atoms with Crippen molar-refractivity contribution in [2.45, 2.75) is 31.7 Å². The fourth-order valence-corrected chi connectivity index (χ4v) is 4.31. The predicted octanol–water partition coefficient (Wildman–Crippen LogP) is 3.20. The fourth-order valence-electron chi connectivity index (χ4n) is 4.31. The van der Waals surface area contributed by atoms with E-state index in [1.807, 2.05) is 13.0 Å². The van der Waals surface area contributed by atoms with E-state index in [-0.39, 0.29) is 18.7 Å². The Labute approximate surface area is 189 Å². The highest BCUT2D eigenvalue weighted by Gasteiger charge is 2.35. The van der Waals surface area contributed by atoms with Gasteiger partial charge in [-0.3, -0.25) is 0 Å². The fraction of sp³-hybridized carbons (Fsp3) is 0.435. The summed E-state index contributed by atoms with van der Waals surface area (Å²) in [5.41, 5.74) is 1.65. The Morgan fingerprint density at radius 2 is 2.06 bits per heavy atom. The van der Waals surface area contributed by atoms with E-state index in [9.17, 15) is 9.59 Å². The first-order valence-corrected chi connectivity index (χ1v) is 10.5. The van der Waals surface area contributed by atoms with Gasteiger partial charge in [0.15, 0.2) is 0 Å². The van der Waals surface area contributed by atoms with Gasteiger partial charge in [0.2, 0.25) is 0 Å². The van der Waals surface area contributed by atoms with E-state index < -0.39 is 36.1 Å². The van der Waals surface area contributed by atoms with E-state index in [4.69, 9.17) is 9.47 Å². The zero-order chi connectivity index (χ0) is 23.7. The summed E-state index contributed by atoms with van der Waals surface area (Å²) in [4.78, 5) is 29.7. The summed E-state index contributed by atoms with van der Waals surface area (Å²) in [6.45, 7) is 3.09. The molecular weight excluding hydrogens is 436 g/mol. The zero-order valence-electron chi connectivity index (χ0n) is 18.6. The van der Waals surface area contributed by atoms with Crippen molar-refractivity contribution in [2.75, 3.05) is 33.9 Å². The summed E-state index contributed by atoms with van der Waals surface area (Å²) >= 11 is 0. The van der Waals surface area contributed by atoms with E-state index in [1.54, 1.807) is 16.8 Å². The third-order valence-corrected chi connectivity index (χ3v) is 5.85. The average molecular weight is 461 g/mol. The zero-order valence-corrected chi connectivity index (χ0v) is 18.6. The van der Waals surface area contributed by atoms with Gasteiger partial charge in [0.25, 0.3) is 0 Å². The highest BCUT2D eigenvalue weighted by molar-refractivity contribution is 5.92. The van der Waals surface area contributed by atoms with Crippen molar-refractivity contribution in [3.05, 3.63) is 53.1 Å². The van der Waals surface area contributed by atoms with Crippen LogP contribution in [0.25, 0.3) is 11.0 Å². The Balaban J connectivity index is 1.72. The molecule has 2 aromatic rings. The Hall–Kier alpha value is -3.27. The SMILES string of the molecule is COC(=O)C1=CC(F)C(c2cc3cc(C)cnc3n2CC2CN(C(=O)OC)CCO2)C(F)=C1. The van der Waals surface area contributed by atoms with Crippen molar-refractivity contribution in [3.63, 3.8) is 0 Å². The number of allylic oxidation sites excluding steroid dienone is 2. The first-order valence-electron chi connectivity index (χ1n) is 10.5. The molecule has 33 heavy (non-hydrogen) atoms. The lowest BCUT2D eigenvalue weighted by molar-refractivity contribution is -0.135. The van der Waals surface area contributed by atoms with E-state index in [2.05, 4.69) is 9.72 Å². The van der Waals surface area contributed by atoms with Crippen LogP contribution in [0.5, 0.6) is 0 Å². The molecule has 10 heteroatoms. The van der Waals surface area contributed by atoms with Crippen LogP contribution in [-0.4, -0.2) is 72.7 Å². The molecule has 4 rings (SSSR count). The first kappa shape index (κ1) is 22.9. The number of nitrogens with zero attached hydrogens (tertiary/aromatic N) is 3. The summed E-state index contributed by atoms with van der Waals surface area (Å²) in [7, 11) is 2.47. The Kier molecular flexibility index (Phi) is 6.46. The van der Waals surface area contributed by atoms with Crippen molar-refractivity contribution in [2.24, 2.45) is 0 Å². The molecular formula is C23H25F2N3O5. The lowest BCUT2D eigenvalue weighted by Gasteiger charge is -2.33. The molecule has 0 N–H and O–H groups in total. The van der Waals surface area contributed by atoms with E-state index in [1.165, 1.54) is 12.0 Å². The molecule has 1 aliphatic carbocycles. The van der Waals surface area contributed by atoms with Gasteiger partial charge in [0.1, 0.15) is 17.6 Å².